The van der Waals surface area contributed by atoms with Crippen molar-refractivity contribution in [1.82, 2.24) is 14.8 Å². The monoisotopic (exact) mass is 397 g/mol. The van der Waals surface area contributed by atoms with Crippen molar-refractivity contribution >= 4 is 10.8 Å². The molecule has 0 aliphatic carbocycles. The molecule has 152 valence electrons. The van der Waals surface area contributed by atoms with Crippen LogP contribution < -0.4 is 0 Å². The van der Waals surface area contributed by atoms with Crippen molar-refractivity contribution in [3.63, 3.8) is 0 Å². The number of benzene rings is 2. The zero-order valence-electron chi connectivity index (χ0n) is 16.3. The number of pyridine rings is 1. The van der Waals surface area contributed by atoms with Crippen molar-refractivity contribution < 1.29 is 13.9 Å². The number of hydrogen-bond donors (Lipinski definition) is 1. The number of rotatable bonds is 6. The van der Waals surface area contributed by atoms with Crippen LogP contribution in [0.4, 0.5) is 8.78 Å². The van der Waals surface area contributed by atoms with Gasteiger partial charge in [-0.15, -0.1) is 0 Å². The van der Waals surface area contributed by atoms with Crippen molar-refractivity contribution in [1.29, 1.82) is 0 Å². The molecule has 1 atom stereocenters. The second-order valence-corrected chi connectivity index (χ2v) is 7.63. The molecule has 0 spiro atoms. The highest BCUT2D eigenvalue weighted by atomic mass is 19.2. The molecule has 1 saturated heterocycles. The maximum atomic E-state index is 13.6. The number of piperazine rings is 1. The topological polar surface area (TPSA) is 39.6 Å². The third-order valence-electron chi connectivity index (χ3n) is 5.69. The summed E-state index contributed by atoms with van der Waals surface area (Å²) in [6, 6.07) is 12.6. The van der Waals surface area contributed by atoms with E-state index in [1.165, 1.54) is 23.1 Å². The third kappa shape index (κ3) is 4.61. The summed E-state index contributed by atoms with van der Waals surface area (Å²) in [6.45, 7) is 4.01. The summed E-state index contributed by atoms with van der Waals surface area (Å²) >= 11 is 0. The van der Waals surface area contributed by atoms with Gasteiger partial charge in [-0.2, -0.15) is 0 Å². The molecule has 1 aliphatic heterocycles. The molecule has 2 heterocycles. The minimum atomic E-state index is -0.823. The molecule has 1 aliphatic rings. The fraction of sp³-hybridized carbons (Fsp3) is 0.348. The molecule has 29 heavy (non-hydrogen) atoms. The van der Waals surface area contributed by atoms with E-state index in [2.05, 4.69) is 39.0 Å². The molecular formula is C23H25F2N3O. The molecule has 6 heteroatoms. The zero-order chi connectivity index (χ0) is 20.2. The normalized spacial score (nSPS) is 18.4. The standard InChI is InChI=1S/C23H25F2N3O/c24-22-5-4-17(12-23(22)25)14-28-10-9-27(16-20(28)7-11-29)15-19-3-1-2-18-13-26-8-6-21(18)19/h1-6,8,12-13,20,29H,7,9-11,14-16H2. The van der Waals surface area contributed by atoms with Crippen LogP contribution in [-0.4, -0.2) is 52.2 Å². The van der Waals surface area contributed by atoms with E-state index in [9.17, 15) is 13.9 Å². The first-order chi connectivity index (χ1) is 14.1. The largest absolute Gasteiger partial charge is 0.396 e. The van der Waals surface area contributed by atoms with Crippen LogP contribution in [0, 0.1) is 11.6 Å². The Labute approximate surface area is 169 Å². The van der Waals surface area contributed by atoms with Crippen LogP contribution in [0.15, 0.2) is 54.9 Å². The molecule has 0 radical (unpaired) electrons. The number of aromatic nitrogens is 1. The fourth-order valence-electron chi connectivity index (χ4n) is 4.17. The molecule has 4 nitrogen and oxygen atoms in total. The number of nitrogens with zero attached hydrogens (tertiary/aromatic N) is 3. The van der Waals surface area contributed by atoms with Gasteiger partial charge in [0, 0.05) is 63.2 Å². The number of halogens is 2. The van der Waals surface area contributed by atoms with Gasteiger partial charge in [0.25, 0.3) is 0 Å². The maximum absolute atomic E-state index is 13.6. The SMILES string of the molecule is OCCC1CN(Cc2cccc3cnccc23)CCN1Cc1ccc(F)c(F)c1. The van der Waals surface area contributed by atoms with Gasteiger partial charge < -0.3 is 5.11 Å². The van der Waals surface area contributed by atoms with Crippen molar-refractivity contribution in [2.45, 2.75) is 25.6 Å². The van der Waals surface area contributed by atoms with Gasteiger partial charge in [-0.3, -0.25) is 14.8 Å². The highest BCUT2D eigenvalue weighted by Crippen LogP contribution is 2.23. The van der Waals surface area contributed by atoms with E-state index in [1.54, 1.807) is 6.07 Å². The Hall–Kier alpha value is -2.41. The van der Waals surface area contributed by atoms with Crippen LogP contribution in [-0.2, 0) is 13.1 Å². The van der Waals surface area contributed by atoms with E-state index < -0.39 is 11.6 Å². The maximum Gasteiger partial charge on any atom is 0.159 e. The van der Waals surface area contributed by atoms with Gasteiger partial charge in [-0.25, -0.2) is 8.78 Å². The lowest BCUT2D eigenvalue weighted by Gasteiger charge is -2.41. The molecule has 0 bridgehead atoms. The fourth-order valence-corrected chi connectivity index (χ4v) is 4.17. The minimum Gasteiger partial charge on any atom is -0.396 e. The Bertz CT molecular complexity index is 976. The van der Waals surface area contributed by atoms with Crippen molar-refractivity contribution in [3.8, 4) is 0 Å². The average molecular weight is 397 g/mol. The summed E-state index contributed by atoms with van der Waals surface area (Å²) in [4.78, 5) is 8.86. The van der Waals surface area contributed by atoms with E-state index in [-0.39, 0.29) is 12.6 Å². The van der Waals surface area contributed by atoms with Crippen molar-refractivity contribution in [2.75, 3.05) is 26.2 Å². The smallest absolute Gasteiger partial charge is 0.159 e. The quantitative estimate of drug-likeness (QED) is 0.690. The first-order valence-electron chi connectivity index (χ1n) is 9.97. The van der Waals surface area contributed by atoms with E-state index in [4.69, 9.17) is 0 Å². The van der Waals surface area contributed by atoms with Crippen LogP contribution in [0.5, 0.6) is 0 Å². The first kappa shape index (κ1) is 19.9. The summed E-state index contributed by atoms with van der Waals surface area (Å²) in [6.07, 6.45) is 4.35. The predicted molar refractivity (Wildman–Crippen MR) is 109 cm³/mol. The van der Waals surface area contributed by atoms with Crippen LogP contribution in [0.1, 0.15) is 17.5 Å². The van der Waals surface area contributed by atoms with Crippen LogP contribution in [0.2, 0.25) is 0 Å². The molecule has 1 unspecified atom stereocenters. The molecule has 0 saturated carbocycles. The van der Waals surface area contributed by atoms with Gasteiger partial charge in [0.1, 0.15) is 0 Å². The van der Waals surface area contributed by atoms with E-state index in [0.717, 1.165) is 37.1 Å². The second-order valence-electron chi connectivity index (χ2n) is 7.63. The highest BCUT2D eigenvalue weighted by Gasteiger charge is 2.27. The molecular weight excluding hydrogens is 372 g/mol. The van der Waals surface area contributed by atoms with Crippen LogP contribution in [0.3, 0.4) is 0 Å². The number of aliphatic hydroxyl groups is 1. The third-order valence-corrected chi connectivity index (χ3v) is 5.69. The summed E-state index contributed by atoms with van der Waals surface area (Å²) in [5.41, 5.74) is 2.02. The Morgan fingerprint density at radius 2 is 1.93 bits per heavy atom. The summed E-state index contributed by atoms with van der Waals surface area (Å²) < 4.78 is 26.8. The molecule has 1 N–H and O–H groups in total. The lowest BCUT2D eigenvalue weighted by molar-refractivity contribution is 0.0501. The Balaban J connectivity index is 1.46. The van der Waals surface area contributed by atoms with Crippen molar-refractivity contribution in [3.05, 3.63) is 77.6 Å². The molecule has 3 aromatic rings. The van der Waals surface area contributed by atoms with Gasteiger partial charge in [0.2, 0.25) is 0 Å². The molecule has 0 amide bonds. The first-order valence-corrected chi connectivity index (χ1v) is 9.97. The summed E-state index contributed by atoms with van der Waals surface area (Å²) in [7, 11) is 0. The summed E-state index contributed by atoms with van der Waals surface area (Å²) in [5.74, 6) is -1.64. The highest BCUT2D eigenvalue weighted by molar-refractivity contribution is 5.84. The zero-order valence-corrected chi connectivity index (χ0v) is 16.3. The van der Waals surface area contributed by atoms with Crippen molar-refractivity contribution in [2.24, 2.45) is 0 Å². The second kappa shape index (κ2) is 8.95. The lowest BCUT2D eigenvalue weighted by Crippen LogP contribution is -2.52. The molecule has 1 fully saturated rings. The van der Waals surface area contributed by atoms with Gasteiger partial charge in [-0.1, -0.05) is 24.3 Å². The Kier molecular flexibility index (Phi) is 6.13. The van der Waals surface area contributed by atoms with E-state index >= 15 is 0 Å². The molecule has 4 rings (SSSR count). The van der Waals surface area contributed by atoms with Gasteiger partial charge in [0.05, 0.1) is 0 Å². The summed E-state index contributed by atoms with van der Waals surface area (Å²) in [5, 5.41) is 11.9. The van der Waals surface area contributed by atoms with Gasteiger partial charge in [-0.05, 0) is 41.1 Å². The number of aliphatic hydroxyl groups excluding tert-OH is 1. The number of hydrogen-bond acceptors (Lipinski definition) is 4. The van der Waals surface area contributed by atoms with E-state index in [1.807, 2.05) is 12.4 Å². The molecule has 1 aromatic heterocycles. The van der Waals surface area contributed by atoms with Gasteiger partial charge in [0.15, 0.2) is 11.6 Å². The van der Waals surface area contributed by atoms with Crippen LogP contribution >= 0.6 is 0 Å². The average Bonchev–Trinajstić information content (AvgIpc) is 2.73. The lowest BCUT2D eigenvalue weighted by atomic mass is 10.0. The number of fused-ring (bicyclic) bond motifs is 1. The van der Waals surface area contributed by atoms with Gasteiger partial charge >= 0.3 is 0 Å². The van der Waals surface area contributed by atoms with Crippen LogP contribution in [0.25, 0.3) is 10.8 Å². The molecule has 2 aromatic carbocycles. The predicted octanol–water partition coefficient (Wildman–Crippen LogP) is 3.58. The van der Waals surface area contributed by atoms with E-state index in [0.29, 0.717) is 13.0 Å². The Morgan fingerprint density at radius 1 is 1.03 bits per heavy atom. The Morgan fingerprint density at radius 3 is 2.76 bits per heavy atom. The minimum absolute atomic E-state index is 0.104.